The lowest BCUT2D eigenvalue weighted by Gasteiger charge is -2.50. The fourth-order valence-electron chi connectivity index (χ4n) is 4.80. The van der Waals surface area contributed by atoms with Crippen LogP contribution in [0.25, 0.3) is 0 Å². The molecule has 0 N–H and O–H groups in total. The van der Waals surface area contributed by atoms with E-state index in [9.17, 15) is 0 Å². The van der Waals surface area contributed by atoms with Crippen LogP contribution in [0.5, 0.6) is 0 Å². The first-order valence-corrected chi connectivity index (χ1v) is 9.36. The smallest absolute Gasteiger partial charge is 0.134 e. The van der Waals surface area contributed by atoms with Gasteiger partial charge in [0.05, 0.1) is 0 Å². The molecule has 0 radical (unpaired) electrons. The molecule has 3 aliphatic heterocycles. The van der Waals surface area contributed by atoms with Crippen molar-refractivity contribution >= 4 is 11.5 Å². The number of nitrogens with zero attached hydrogens (tertiary/aromatic N) is 3. The van der Waals surface area contributed by atoms with E-state index < -0.39 is 0 Å². The Bertz CT molecular complexity index is 824. The van der Waals surface area contributed by atoms with E-state index in [1.807, 2.05) is 0 Å². The maximum Gasteiger partial charge on any atom is 0.134 e. The van der Waals surface area contributed by atoms with Crippen LogP contribution in [-0.4, -0.2) is 36.5 Å². The fraction of sp³-hybridized carbons (Fsp3) is 0.409. The van der Waals surface area contributed by atoms with Gasteiger partial charge in [0, 0.05) is 42.2 Å². The van der Waals surface area contributed by atoms with Gasteiger partial charge in [0.15, 0.2) is 0 Å². The number of hydrogen-bond donors (Lipinski definition) is 0. The van der Waals surface area contributed by atoms with Crippen molar-refractivity contribution in [3.05, 3.63) is 65.7 Å². The molecule has 3 heteroatoms. The highest BCUT2D eigenvalue weighted by Gasteiger charge is 2.47. The normalized spacial score (nSPS) is 26.6. The molecule has 5 rings (SSSR count). The Morgan fingerprint density at radius 1 is 0.960 bits per heavy atom. The van der Waals surface area contributed by atoms with Gasteiger partial charge in [-0.05, 0) is 24.1 Å². The summed E-state index contributed by atoms with van der Waals surface area (Å²) in [6, 6.07) is 19.9. The van der Waals surface area contributed by atoms with E-state index in [0.717, 1.165) is 19.6 Å². The Kier molecular flexibility index (Phi) is 3.21. The summed E-state index contributed by atoms with van der Waals surface area (Å²) in [5.74, 6) is 1.74. The molecular formula is C22H25N3. The molecule has 0 aromatic heterocycles. The summed E-state index contributed by atoms with van der Waals surface area (Å²) in [7, 11) is 0. The zero-order valence-electron chi connectivity index (χ0n) is 15.0. The molecule has 0 spiro atoms. The van der Waals surface area contributed by atoms with Gasteiger partial charge < -0.3 is 9.80 Å². The second-order valence-corrected chi connectivity index (χ2v) is 8.36. The second-order valence-electron chi connectivity index (χ2n) is 8.36. The molecule has 0 amide bonds. The predicted octanol–water partition coefficient (Wildman–Crippen LogP) is 4.11. The molecule has 3 nitrogen and oxygen atoms in total. The van der Waals surface area contributed by atoms with Gasteiger partial charge in [-0.25, -0.2) is 0 Å². The third kappa shape index (κ3) is 2.29. The van der Waals surface area contributed by atoms with E-state index in [2.05, 4.69) is 78.2 Å². The van der Waals surface area contributed by atoms with E-state index in [4.69, 9.17) is 4.99 Å². The van der Waals surface area contributed by atoms with Crippen LogP contribution in [0.4, 0.5) is 5.69 Å². The van der Waals surface area contributed by atoms with E-state index in [0.29, 0.717) is 12.1 Å². The lowest BCUT2D eigenvalue weighted by Crippen LogP contribution is -2.59. The summed E-state index contributed by atoms with van der Waals surface area (Å²) >= 11 is 0. The predicted molar refractivity (Wildman–Crippen MR) is 103 cm³/mol. The number of para-hydroxylation sites is 1. The molecule has 0 bridgehead atoms. The zero-order valence-corrected chi connectivity index (χ0v) is 15.0. The van der Waals surface area contributed by atoms with Gasteiger partial charge >= 0.3 is 0 Å². The summed E-state index contributed by atoms with van der Waals surface area (Å²) in [6.45, 7) is 7.78. The lowest BCUT2D eigenvalue weighted by atomic mass is 9.87. The van der Waals surface area contributed by atoms with Crippen LogP contribution in [0.1, 0.15) is 37.3 Å². The maximum atomic E-state index is 5.05. The van der Waals surface area contributed by atoms with Crippen LogP contribution >= 0.6 is 0 Å². The Hall–Kier alpha value is -2.29. The lowest BCUT2D eigenvalue weighted by molar-refractivity contribution is 0.184. The molecule has 2 atom stereocenters. The number of amidine groups is 1. The first-order valence-electron chi connectivity index (χ1n) is 9.36. The molecule has 1 saturated heterocycles. The zero-order chi connectivity index (χ0) is 17.0. The van der Waals surface area contributed by atoms with Crippen molar-refractivity contribution in [3.8, 4) is 0 Å². The van der Waals surface area contributed by atoms with Crippen LogP contribution in [0, 0.1) is 5.41 Å². The summed E-state index contributed by atoms with van der Waals surface area (Å²) in [4.78, 5) is 10.3. The number of anilines is 1. The number of aliphatic imine (C=N–C) groups is 1. The number of fused-ring (bicyclic) bond motifs is 6. The average molecular weight is 331 g/mol. The van der Waals surface area contributed by atoms with Crippen molar-refractivity contribution in [1.82, 2.24) is 4.90 Å². The first kappa shape index (κ1) is 15.0. The highest BCUT2D eigenvalue weighted by Crippen LogP contribution is 2.45. The van der Waals surface area contributed by atoms with E-state index in [-0.39, 0.29) is 5.41 Å². The number of rotatable bonds is 1. The van der Waals surface area contributed by atoms with Crippen LogP contribution in [0.15, 0.2) is 59.6 Å². The standard InChI is InChI=1S/C22H25N3/c1-22(2)14-23-20-18-10-6-7-11-19(18)24-13-12-17(21(24)25(20)15-22)16-8-4-3-5-9-16/h3-11,17,21H,12-15H2,1-2H3. The monoisotopic (exact) mass is 331 g/mol. The van der Waals surface area contributed by atoms with Crippen molar-refractivity contribution in [3.63, 3.8) is 0 Å². The van der Waals surface area contributed by atoms with Crippen molar-refractivity contribution in [2.75, 3.05) is 24.5 Å². The van der Waals surface area contributed by atoms with Crippen molar-refractivity contribution in [2.24, 2.45) is 10.4 Å². The third-order valence-corrected chi connectivity index (χ3v) is 5.89. The molecule has 3 aliphatic rings. The summed E-state index contributed by atoms with van der Waals surface area (Å²) in [5, 5.41) is 0. The molecule has 128 valence electrons. The van der Waals surface area contributed by atoms with Crippen LogP contribution in [-0.2, 0) is 0 Å². The number of hydrogen-bond acceptors (Lipinski definition) is 3. The molecule has 2 aromatic rings. The first-order chi connectivity index (χ1) is 12.1. The molecule has 0 aliphatic carbocycles. The van der Waals surface area contributed by atoms with Crippen LogP contribution in [0.2, 0.25) is 0 Å². The van der Waals surface area contributed by atoms with Crippen LogP contribution < -0.4 is 4.90 Å². The molecule has 0 saturated carbocycles. The fourth-order valence-corrected chi connectivity index (χ4v) is 4.80. The quantitative estimate of drug-likeness (QED) is 0.783. The van der Waals surface area contributed by atoms with Gasteiger partial charge in [0.2, 0.25) is 0 Å². The summed E-state index contributed by atoms with van der Waals surface area (Å²) in [6.07, 6.45) is 1.59. The molecular weight excluding hydrogens is 306 g/mol. The topological polar surface area (TPSA) is 18.8 Å². The van der Waals surface area contributed by atoms with E-state index >= 15 is 0 Å². The van der Waals surface area contributed by atoms with Gasteiger partial charge in [-0.1, -0.05) is 56.3 Å². The van der Waals surface area contributed by atoms with Crippen molar-refractivity contribution in [2.45, 2.75) is 32.4 Å². The molecule has 2 aromatic carbocycles. The number of benzene rings is 2. The van der Waals surface area contributed by atoms with Gasteiger partial charge in [0.25, 0.3) is 0 Å². The molecule has 3 heterocycles. The van der Waals surface area contributed by atoms with Gasteiger partial charge in [-0.3, -0.25) is 4.99 Å². The Morgan fingerprint density at radius 3 is 2.56 bits per heavy atom. The minimum Gasteiger partial charge on any atom is -0.350 e. The van der Waals surface area contributed by atoms with Gasteiger partial charge in [-0.2, -0.15) is 0 Å². The second kappa shape index (κ2) is 5.35. The van der Waals surface area contributed by atoms with Crippen molar-refractivity contribution < 1.29 is 0 Å². The maximum absolute atomic E-state index is 5.05. The van der Waals surface area contributed by atoms with Crippen LogP contribution in [0.3, 0.4) is 0 Å². The minimum absolute atomic E-state index is 0.227. The Balaban J connectivity index is 1.66. The minimum atomic E-state index is 0.227. The van der Waals surface area contributed by atoms with E-state index in [1.54, 1.807) is 0 Å². The molecule has 1 fully saturated rings. The Labute approximate surface area is 150 Å². The third-order valence-electron chi connectivity index (χ3n) is 5.89. The SMILES string of the molecule is CC1(C)CN=C2c3ccccc3N3CCC(c4ccccc4)C3N2C1. The average Bonchev–Trinajstić information content (AvgIpc) is 3.07. The Morgan fingerprint density at radius 2 is 1.72 bits per heavy atom. The van der Waals surface area contributed by atoms with Gasteiger partial charge in [0.1, 0.15) is 12.0 Å². The molecule has 2 unspecified atom stereocenters. The summed E-state index contributed by atoms with van der Waals surface area (Å²) in [5.41, 5.74) is 4.35. The highest BCUT2D eigenvalue weighted by atomic mass is 15.4. The van der Waals surface area contributed by atoms with Gasteiger partial charge in [-0.15, -0.1) is 0 Å². The van der Waals surface area contributed by atoms with E-state index in [1.165, 1.54) is 29.1 Å². The summed E-state index contributed by atoms with van der Waals surface area (Å²) < 4.78 is 0. The molecule has 25 heavy (non-hydrogen) atoms. The largest absolute Gasteiger partial charge is 0.350 e. The highest BCUT2D eigenvalue weighted by molar-refractivity contribution is 6.06. The van der Waals surface area contributed by atoms with Crippen molar-refractivity contribution in [1.29, 1.82) is 0 Å².